The maximum Gasteiger partial charge on any atom is 0.270 e. The molecule has 2 amide bonds. The molecule has 28 heavy (non-hydrogen) atoms. The number of rotatable bonds is 7. The molecule has 0 fully saturated rings. The van der Waals surface area contributed by atoms with Crippen molar-refractivity contribution < 1.29 is 19.1 Å². The predicted molar refractivity (Wildman–Crippen MR) is 108 cm³/mol. The van der Waals surface area contributed by atoms with Crippen molar-refractivity contribution in [2.45, 2.75) is 0 Å². The zero-order valence-corrected chi connectivity index (χ0v) is 16.0. The first-order chi connectivity index (χ1) is 13.5. The minimum atomic E-state index is -0.740. The summed E-state index contributed by atoms with van der Waals surface area (Å²) in [5.74, 6) is -0.253. The number of carbonyl (C=O) groups excluding carboxylic acids is 2. The molecule has 0 saturated heterocycles. The monoisotopic (exact) mass is 398 g/mol. The molecule has 0 saturated carbocycles. The van der Waals surface area contributed by atoms with Crippen molar-refractivity contribution in [1.82, 2.24) is 4.98 Å². The smallest absolute Gasteiger partial charge is 0.270 e. The Hall–Kier alpha value is -3.59. The number of carbonyl (C=O) groups is 2. The predicted octanol–water partition coefficient (Wildman–Crippen LogP) is 3.26. The van der Waals surface area contributed by atoms with Crippen LogP contribution in [0.2, 0.25) is 0 Å². The maximum atomic E-state index is 12.7. The molecule has 9 heteroatoms. The largest absolute Gasteiger partial charge is 0.497 e. The van der Waals surface area contributed by atoms with E-state index in [9.17, 15) is 9.59 Å². The molecule has 0 spiro atoms. The lowest BCUT2D eigenvalue weighted by molar-refractivity contribution is 0.0997. The van der Waals surface area contributed by atoms with Gasteiger partial charge in [-0.2, -0.15) is 0 Å². The first-order valence-corrected chi connectivity index (χ1v) is 8.99. The van der Waals surface area contributed by atoms with E-state index in [-0.39, 0.29) is 10.7 Å². The number of para-hydroxylation sites is 1. The van der Waals surface area contributed by atoms with Crippen molar-refractivity contribution in [1.29, 1.82) is 0 Å². The average molecular weight is 398 g/mol. The molecular formula is C19H18N4O4S. The van der Waals surface area contributed by atoms with Crippen LogP contribution in [0, 0.1) is 0 Å². The van der Waals surface area contributed by atoms with Crippen molar-refractivity contribution >= 4 is 39.0 Å². The van der Waals surface area contributed by atoms with Crippen LogP contribution in [0.5, 0.6) is 11.5 Å². The summed E-state index contributed by atoms with van der Waals surface area (Å²) in [4.78, 5) is 28.6. The van der Waals surface area contributed by atoms with Gasteiger partial charge in [0.1, 0.15) is 16.5 Å². The van der Waals surface area contributed by atoms with Gasteiger partial charge in [0.25, 0.3) is 11.8 Å². The number of ether oxygens (including phenoxy) is 2. The third-order valence-electron chi connectivity index (χ3n) is 3.73. The number of anilines is 3. The fourth-order valence-electron chi connectivity index (χ4n) is 2.38. The van der Waals surface area contributed by atoms with Crippen LogP contribution in [0.4, 0.5) is 15.8 Å². The van der Waals surface area contributed by atoms with E-state index < -0.39 is 11.8 Å². The van der Waals surface area contributed by atoms with Gasteiger partial charge in [0.2, 0.25) is 0 Å². The van der Waals surface area contributed by atoms with Crippen LogP contribution in [0.25, 0.3) is 0 Å². The number of benzene rings is 2. The lowest BCUT2D eigenvalue weighted by atomic mass is 10.2. The number of nitrogens with zero attached hydrogens (tertiary/aromatic N) is 1. The van der Waals surface area contributed by atoms with Crippen LogP contribution in [-0.2, 0) is 0 Å². The number of primary amides is 1. The SMILES string of the molecule is COc1cc(OC)cc(C(=O)Nc2sc(Nc3ccccc3)nc2C(N)=O)c1. The summed E-state index contributed by atoms with van der Waals surface area (Å²) in [6, 6.07) is 14.1. The van der Waals surface area contributed by atoms with Gasteiger partial charge in [0, 0.05) is 17.3 Å². The van der Waals surface area contributed by atoms with E-state index in [1.165, 1.54) is 14.2 Å². The lowest BCUT2D eigenvalue weighted by Crippen LogP contribution is -2.17. The highest BCUT2D eigenvalue weighted by Crippen LogP contribution is 2.31. The summed E-state index contributed by atoms with van der Waals surface area (Å²) in [6.07, 6.45) is 0. The van der Waals surface area contributed by atoms with E-state index in [1.807, 2.05) is 30.3 Å². The molecule has 8 nitrogen and oxygen atoms in total. The lowest BCUT2D eigenvalue weighted by Gasteiger charge is -2.08. The number of nitrogens with one attached hydrogen (secondary N) is 2. The summed E-state index contributed by atoms with van der Waals surface area (Å²) < 4.78 is 10.4. The van der Waals surface area contributed by atoms with Crippen LogP contribution in [-0.4, -0.2) is 31.0 Å². The highest BCUT2D eigenvalue weighted by molar-refractivity contribution is 7.20. The summed E-state index contributed by atoms with van der Waals surface area (Å²) in [5, 5.41) is 6.44. The normalized spacial score (nSPS) is 10.2. The molecule has 0 bridgehead atoms. The topological polar surface area (TPSA) is 116 Å². The van der Waals surface area contributed by atoms with E-state index in [2.05, 4.69) is 15.6 Å². The van der Waals surface area contributed by atoms with Crippen LogP contribution in [0.1, 0.15) is 20.8 Å². The minimum absolute atomic E-state index is 0.0216. The molecule has 144 valence electrons. The van der Waals surface area contributed by atoms with Gasteiger partial charge in [0.05, 0.1) is 14.2 Å². The zero-order chi connectivity index (χ0) is 20.1. The zero-order valence-electron chi connectivity index (χ0n) is 15.2. The van der Waals surface area contributed by atoms with Crippen LogP contribution >= 0.6 is 11.3 Å². The van der Waals surface area contributed by atoms with E-state index in [1.54, 1.807) is 18.2 Å². The molecule has 0 unspecified atom stereocenters. The molecule has 3 aromatic rings. The molecule has 4 N–H and O–H groups in total. The number of hydrogen-bond donors (Lipinski definition) is 3. The van der Waals surface area contributed by atoms with Gasteiger partial charge in [-0.05, 0) is 24.3 Å². The Balaban J connectivity index is 1.87. The third-order valence-corrected chi connectivity index (χ3v) is 4.61. The minimum Gasteiger partial charge on any atom is -0.497 e. The van der Waals surface area contributed by atoms with Crippen molar-refractivity contribution in [2.75, 3.05) is 24.9 Å². The van der Waals surface area contributed by atoms with Crippen molar-refractivity contribution in [2.24, 2.45) is 5.73 Å². The Morgan fingerprint density at radius 2 is 1.68 bits per heavy atom. The summed E-state index contributed by atoms with van der Waals surface area (Å²) in [7, 11) is 2.98. The highest BCUT2D eigenvalue weighted by atomic mass is 32.1. The van der Waals surface area contributed by atoms with E-state index in [0.717, 1.165) is 17.0 Å². The molecule has 3 rings (SSSR count). The number of thiazole rings is 1. The standard InChI is InChI=1S/C19H18N4O4S/c1-26-13-8-11(9-14(10-13)27-2)17(25)23-18-15(16(20)24)22-19(28-18)21-12-6-4-3-5-7-12/h3-10H,1-2H3,(H2,20,24)(H,21,22)(H,23,25). The second kappa shape index (κ2) is 8.40. The number of aromatic nitrogens is 1. The van der Waals surface area contributed by atoms with Gasteiger partial charge in [-0.15, -0.1) is 0 Å². The van der Waals surface area contributed by atoms with Gasteiger partial charge < -0.3 is 25.8 Å². The van der Waals surface area contributed by atoms with Gasteiger partial charge in [-0.3, -0.25) is 9.59 Å². The molecule has 0 radical (unpaired) electrons. The average Bonchev–Trinajstić information content (AvgIpc) is 3.10. The first kappa shape index (κ1) is 19.2. The first-order valence-electron chi connectivity index (χ1n) is 8.17. The van der Waals surface area contributed by atoms with E-state index in [0.29, 0.717) is 22.2 Å². The third kappa shape index (κ3) is 4.38. The van der Waals surface area contributed by atoms with Crippen LogP contribution < -0.4 is 25.8 Å². The summed E-state index contributed by atoms with van der Waals surface area (Å²) >= 11 is 1.11. The van der Waals surface area contributed by atoms with E-state index >= 15 is 0 Å². The summed E-state index contributed by atoms with van der Waals surface area (Å²) in [5.41, 5.74) is 6.49. The molecule has 1 heterocycles. The fourth-order valence-corrected chi connectivity index (χ4v) is 3.27. The molecular weight excluding hydrogens is 380 g/mol. The molecule has 0 aliphatic heterocycles. The van der Waals surface area contributed by atoms with Crippen molar-refractivity contribution in [3.05, 3.63) is 59.8 Å². The molecule has 0 aliphatic rings. The molecule has 0 atom stereocenters. The highest BCUT2D eigenvalue weighted by Gasteiger charge is 2.19. The number of methoxy groups -OCH3 is 2. The second-order valence-corrected chi connectivity index (χ2v) is 6.61. The number of hydrogen-bond acceptors (Lipinski definition) is 7. The van der Waals surface area contributed by atoms with Crippen LogP contribution in [0.15, 0.2) is 48.5 Å². The summed E-state index contributed by atoms with van der Waals surface area (Å²) in [6.45, 7) is 0. The molecule has 2 aromatic carbocycles. The van der Waals surface area contributed by atoms with Gasteiger partial charge in [-0.1, -0.05) is 29.5 Å². The van der Waals surface area contributed by atoms with Gasteiger partial charge in [0.15, 0.2) is 10.8 Å². The second-order valence-electron chi connectivity index (χ2n) is 5.61. The van der Waals surface area contributed by atoms with Crippen molar-refractivity contribution in [3.8, 4) is 11.5 Å². The Labute approximate surface area is 165 Å². The Bertz CT molecular complexity index is 982. The van der Waals surface area contributed by atoms with E-state index in [4.69, 9.17) is 15.2 Å². The van der Waals surface area contributed by atoms with Gasteiger partial charge in [-0.25, -0.2) is 4.98 Å². The molecule has 1 aromatic heterocycles. The molecule has 0 aliphatic carbocycles. The Kier molecular flexibility index (Phi) is 5.75. The quantitative estimate of drug-likeness (QED) is 0.563. The fraction of sp³-hybridized carbons (Fsp3) is 0.105. The number of nitrogens with two attached hydrogens (primary N) is 1. The Morgan fingerprint density at radius 3 is 2.25 bits per heavy atom. The van der Waals surface area contributed by atoms with Gasteiger partial charge >= 0.3 is 0 Å². The Morgan fingerprint density at radius 1 is 1.04 bits per heavy atom. The maximum absolute atomic E-state index is 12.7. The van der Waals surface area contributed by atoms with Crippen molar-refractivity contribution in [3.63, 3.8) is 0 Å². The number of amides is 2. The van der Waals surface area contributed by atoms with Crippen LogP contribution in [0.3, 0.4) is 0 Å².